The second-order valence-corrected chi connectivity index (χ2v) is 18.3. The van der Waals surface area contributed by atoms with Crippen molar-refractivity contribution in [2.24, 2.45) is 0 Å². The summed E-state index contributed by atoms with van der Waals surface area (Å²) in [4.78, 5) is 2.46. The summed E-state index contributed by atoms with van der Waals surface area (Å²) in [5.41, 5.74) is 21.1. The largest absolute Gasteiger partial charge is 0.310 e. The predicted octanol–water partition coefficient (Wildman–Crippen LogP) is 17.6. The summed E-state index contributed by atoms with van der Waals surface area (Å²) in [6.45, 7) is 8.18. The zero-order valence-corrected chi connectivity index (χ0v) is 38.5. The number of para-hydroxylation sites is 3. The standard InChI is InChI=1S/C67H50N2/c1-3-47-27-31-49(32-28-47)45-67(46-50-33-29-48(4-2)30-34-50)62-43-55(39-41-58(62)59-42-40-56(44-63(59)67)69-65-25-15-12-22-60(65)61-23-13-16-26-66(61)69)68(54-37-35-52(36-38-54)51-17-7-5-8-18-51)64-24-14-11-21-57(64)53-19-9-6-10-20-53/h3-44H,1-2,45-46H2. The molecule has 2 heteroatoms. The van der Waals surface area contributed by atoms with Gasteiger partial charge in [0.15, 0.2) is 0 Å². The summed E-state index contributed by atoms with van der Waals surface area (Å²) in [7, 11) is 0. The zero-order chi connectivity index (χ0) is 46.3. The first-order chi connectivity index (χ1) is 34.1. The number of hydrogen-bond acceptors (Lipinski definition) is 1. The van der Waals surface area contributed by atoms with Gasteiger partial charge in [0, 0.05) is 38.8 Å². The minimum absolute atomic E-state index is 0.470. The minimum Gasteiger partial charge on any atom is -0.310 e. The van der Waals surface area contributed by atoms with E-state index in [9.17, 15) is 0 Å². The van der Waals surface area contributed by atoms with Crippen LogP contribution in [0.4, 0.5) is 17.1 Å². The lowest BCUT2D eigenvalue weighted by atomic mass is 9.69. The van der Waals surface area contributed by atoms with Crippen LogP contribution in [0.1, 0.15) is 33.4 Å². The second-order valence-electron chi connectivity index (χ2n) is 18.3. The van der Waals surface area contributed by atoms with Gasteiger partial charge in [-0.2, -0.15) is 0 Å². The molecule has 12 rings (SSSR count). The third-order valence-electron chi connectivity index (χ3n) is 14.3. The molecule has 69 heavy (non-hydrogen) atoms. The summed E-state index contributed by atoms with van der Waals surface area (Å²) in [6.07, 6.45) is 5.44. The van der Waals surface area contributed by atoms with Gasteiger partial charge >= 0.3 is 0 Å². The van der Waals surface area contributed by atoms with Gasteiger partial charge in [-0.3, -0.25) is 0 Å². The third-order valence-corrected chi connectivity index (χ3v) is 14.3. The van der Waals surface area contributed by atoms with Gasteiger partial charge in [-0.15, -0.1) is 0 Å². The van der Waals surface area contributed by atoms with Crippen molar-refractivity contribution in [1.82, 2.24) is 4.57 Å². The van der Waals surface area contributed by atoms with Crippen LogP contribution in [0.3, 0.4) is 0 Å². The van der Waals surface area contributed by atoms with Crippen molar-refractivity contribution < 1.29 is 0 Å². The van der Waals surface area contributed by atoms with Gasteiger partial charge in [0.05, 0.1) is 16.7 Å². The molecule has 0 spiro atoms. The van der Waals surface area contributed by atoms with Crippen molar-refractivity contribution in [3.05, 3.63) is 289 Å². The summed E-state index contributed by atoms with van der Waals surface area (Å²) in [6, 6.07) is 89.4. The molecule has 0 bridgehead atoms. The van der Waals surface area contributed by atoms with Gasteiger partial charge < -0.3 is 9.47 Å². The molecule has 0 atom stereocenters. The van der Waals surface area contributed by atoms with E-state index in [1.165, 1.54) is 77.4 Å². The Morgan fingerprint density at radius 2 is 0.870 bits per heavy atom. The van der Waals surface area contributed by atoms with Gasteiger partial charge in [-0.05, 0) is 129 Å². The maximum atomic E-state index is 4.09. The van der Waals surface area contributed by atoms with E-state index >= 15 is 0 Å². The van der Waals surface area contributed by atoms with Crippen molar-refractivity contribution in [1.29, 1.82) is 0 Å². The van der Waals surface area contributed by atoms with Crippen molar-refractivity contribution in [3.8, 4) is 39.1 Å². The quantitative estimate of drug-likeness (QED) is 0.119. The highest BCUT2D eigenvalue weighted by Crippen LogP contribution is 2.55. The normalized spacial score (nSPS) is 12.4. The first-order valence-electron chi connectivity index (χ1n) is 23.9. The average molecular weight is 883 g/mol. The van der Waals surface area contributed by atoms with Crippen molar-refractivity contribution in [2.75, 3.05) is 4.90 Å². The van der Waals surface area contributed by atoms with Gasteiger partial charge in [-0.1, -0.05) is 213 Å². The first kappa shape index (κ1) is 41.7. The number of rotatable bonds is 12. The fourth-order valence-electron chi connectivity index (χ4n) is 11.0. The molecule has 0 amide bonds. The van der Waals surface area contributed by atoms with Crippen LogP contribution in [0.5, 0.6) is 0 Å². The van der Waals surface area contributed by atoms with E-state index in [1.54, 1.807) is 0 Å². The Labute approximate surface area is 405 Å². The van der Waals surface area contributed by atoms with Crippen LogP contribution in [0.15, 0.2) is 256 Å². The Hall–Kier alpha value is -8.72. The van der Waals surface area contributed by atoms with Crippen LogP contribution in [0.25, 0.3) is 73.0 Å². The van der Waals surface area contributed by atoms with Gasteiger partial charge in [0.25, 0.3) is 0 Å². The van der Waals surface area contributed by atoms with Crippen molar-refractivity contribution in [3.63, 3.8) is 0 Å². The monoisotopic (exact) mass is 882 g/mol. The Bertz CT molecular complexity index is 3570. The Morgan fingerprint density at radius 1 is 0.391 bits per heavy atom. The molecule has 1 aromatic heterocycles. The van der Waals surface area contributed by atoms with E-state index in [2.05, 4.69) is 265 Å². The van der Waals surface area contributed by atoms with Crippen LogP contribution in [0, 0.1) is 0 Å². The van der Waals surface area contributed by atoms with Crippen LogP contribution < -0.4 is 4.90 Å². The molecule has 1 aliphatic rings. The second kappa shape index (κ2) is 17.5. The Kier molecular flexibility index (Phi) is 10.6. The Morgan fingerprint density at radius 3 is 1.46 bits per heavy atom. The van der Waals surface area contributed by atoms with E-state index in [0.717, 1.165) is 46.7 Å². The first-order valence-corrected chi connectivity index (χ1v) is 23.9. The number of hydrogen-bond donors (Lipinski definition) is 0. The molecule has 0 saturated heterocycles. The lowest BCUT2D eigenvalue weighted by molar-refractivity contribution is 0.520. The third kappa shape index (κ3) is 7.39. The van der Waals surface area contributed by atoms with E-state index in [1.807, 2.05) is 12.2 Å². The molecule has 11 aromatic rings. The van der Waals surface area contributed by atoms with Gasteiger partial charge in [0.1, 0.15) is 0 Å². The minimum atomic E-state index is -0.470. The number of fused-ring (bicyclic) bond motifs is 6. The predicted molar refractivity (Wildman–Crippen MR) is 293 cm³/mol. The fourth-order valence-corrected chi connectivity index (χ4v) is 11.0. The average Bonchev–Trinajstić information content (AvgIpc) is 3.89. The van der Waals surface area contributed by atoms with Crippen LogP contribution in [-0.2, 0) is 18.3 Å². The molecule has 2 nitrogen and oxygen atoms in total. The Balaban J connectivity index is 1.11. The molecule has 328 valence electrons. The molecule has 0 saturated carbocycles. The maximum absolute atomic E-state index is 4.09. The zero-order valence-electron chi connectivity index (χ0n) is 38.5. The van der Waals surface area contributed by atoms with E-state index < -0.39 is 5.41 Å². The molecular formula is C67H50N2. The highest BCUT2D eigenvalue weighted by atomic mass is 15.1. The summed E-state index contributed by atoms with van der Waals surface area (Å²) >= 11 is 0. The van der Waals surface area contributed by atoms with E-state index in [0.29, 0.717) is 0 Å². The van der Waals surface area contributed by atoms with Crippen LogP contribution in [-0.4, -0.2) is 4.57 Å². The van der Waals surface area contributed by atoms with Gasteiger partial charge in [-0.25, -0.2) is 0 Å². The molecule has 0 fully saturated rings. The van der Waals surface area contributed by atoms with Crippen LogP contribution in [0.2, 0.25) is 0 Å². The van der Waals surface area contributed by atoms with E-state index in [-0.39, 0.29) is 0 Å². The molecule has 0 radical (unpaired) electrons. The summed E-state index contributed by atoms with van der Waals surface area (Å²) in [5, 5.41) is 2.51. The molecule has 1 heterocycles. The molecule has 10 aromatic carbocycles. The molecule has 0 N–H and O–H groups in total. The SMILES string of the molecule is C=Cc1ccc(CC2(Cc3ccc(C=C)cc3)c3cc(N(c4ccc(-c5ccccc5)cc4)c4ccccc4-c4ccccc4)ccc3-c3ccc(-n4c5ccccc5c5ccccc54)cc32)cc1. The topological polar surface area (TPSA) is 8.17 Å². The molecule has 0 unspecified atom stereocenters. The number of benzene rings is 10. The highest BCUT2D eigenvalue weighted by molar-refractivity contribution is 6.09. The maximum Gasteiger partial charge on any atom is 0.0541 e. The number of anilines is 3. The number of nitrogens with zero attached hydrogens (tertiary/aromatic N) is 2. The lowest BCUT2D eigenvalue weighted by Crippen LogP contribution is -2.31. The summed E-state index contributed by atoms with van der Waals surface area (Å²) < 4.78 is 2.46. The summed E-state index contributed by atoms with van der Waals surface area (Å²) in [5.74, 6) is 0. The van der Waals surface area contributed by atoms with Crippen molar-refractivity contribution in [2.45, 2.75) is 18.3 Å². The molecular weight excluding hydrogens is 833 g/mol. The molecule has 0 aliphatic heterocycles. The smallest absolute Gasteiger partial charge is 0.0541 e. The van der Waals surface area contributed by atoms with E-state index in [4.69, 9.17) is 0 Å². The van der Waals surface area contributed by atoms with Gasteiger partial charge in [0.2, 0.25) is 0 Å². The van der Waals surface area contributed by atoms with Crippen LogP contribution >= 0.6 is 0 Å². The lowest BCUT2D eigenvalue weighted by Gasteiger charge is -2.35. The highest BCUT2D eigenvalue weighted by Gasteiger charge is 2.44. The van der Waals surface area contributed by atoms with Crippen molar-refractivity contribution >= 4 is 51.0 Å². The fraction of sp³-hybridized carbons (Fsp3) is 0.0448. The number of aromatic nitrogens is 1. The molecule has 1 aliphatic carbocycles.